The van der Waals surface area contributed by atoms with Gasteiger partial charge in [0.2, 0.25) is 0 Å². The molecule has 0 saturated heterocycles. The molecule has 90 valence electrons. The number of carbonyl (C=O) groups is 1. The van der Waals surface area contributed by atoms with Crippen LogP contribution in [0.25, 0.3) is 0 Å². The lowest BCUT2D eigenvalue weighted by Gasteiger charge is -2.14. The Morgan fingerprint density at radius 2 is 2.12 bits per heavy atom. The van der Waals surface area contributed by atoms with Crippen molar-refractivity contribution in [2.45, 2.75) is 33.3 Å². The largest absolute Gasteiger partial charge is 0.370 e. The number of hydrogen-bond donors (Lipinski definition) is 0. The van der Waals surface area contributed by atoms with Crippen molar-refractivity contribution in [3.8, 4) is 0 Å². The first-order valence-electron chi connectivity index (χ1n) is 5.75. The van der Waals surface area contributed by atoms with E-state index in [1.165, 1.54) is 0 Å². The van der Waals surface area contributed by atoms with Crippen molar-refractivity contribution in [3.63, 3.8) is 0 Å². The molecule has 0 N–H and O–H groups in total. The summed E-state index contributed by atoms with van der Waals surface area (Å²) < 4.78 is 7.39. The Bertz CT molecular complexity index is 341. The van der Waals surface area contributed by atoms with Gasteiger partial charge in [-0.2, -0.15) is 0 Å². The van der Waals surface area contributed by atoms with Gasteiger partial charge in [0.1, 0.15) is 6.61 Å². The van der Waals surface area contributed by atoms with Crippen molar-refractivity contribution in [1.29, 1.82) is 0 Å². The summed E-state index contributed by atoms with van der Waals surface area (Å²) in [5.41, 5.74) is 0.722. The van der Waals surface area contributed by atoms with Crippen molar-refractivity contribution >= 4 is 5.78 Å². The first-order chi connectivity index (χ1) is 7.49. The SMILES string of the molecule is CC(C)CC(C)OCC(=O)c1ccn(C)c1. The first kappa shape index (κ1) is 13.0. The van der Waals surface area contributed by atoms with Crippen LogP contribution in [0, 0.1) is 5.92 Å². The number of ether oxygens (including phenoxy) is 1. The molecule has 1 aromatic rings. The van der Waals surface area contributed by atoms with Gasteiger partial charge in [-0.1, -0.05) is 13.8 Å². The number of carbonyl (C=O) groups excluding carboxylic acids is 1. The highest BCUT2D eigenvalue weighted by Gasteiger charge is 2.10. The van der Waals surface area contributed by atoms with Gasteiger partial charge in [-0.3, -0.25) is 4.79 Å². The number of rotatable bonds is 6. The van der Waals surface area contributed by atoms with E-state index < -0.39 is 0 Å². The Labute approximate surface area is 97.4 Å². The molecule has 1 unspecified atom stereocenters. The predicted octanol–water partition coefficient (Wildman–Crippen LogP) is 2.66. The predicted molar refractivity (Wildman–Crippen MR) is 64.6 cm³/mol. The maximum absolute atomic E-state index is 11.7. The molecular formula is C13H21NO2. The summed E-state index contributed by atoms with van der Waals surface area (Å²) in [6, 6.07) is 1.82. The highest BCUT2D eigenvalue weighted by Crippen LogP contribution is 2.08. The number of nitrogens with zero attached hydrogens (tertiary/aromatic N) is 1. The molecule has 1 atom stereocenters. The number of hydrogen-bond acceptors (Lipinski definition) is 2. The summed E-state index contributed by atoms with van der Waals surface area (Å²) in [7, 11) is 1.90. The van der Waals surface area contributed by atoms with Gasteiger partial charge >= 0.3 is 0 Å². The van der Waals surface area contributed by atoms with Crippen molar-refractivity contribution in [1.82, 2.24) is 4.57 Å². The van der Waals surface area contributed by atoms with Gasteiger partial charge in [0.05, 0.1) is 6.10 Å². The molecule has 3 nitrogen and oxygen atoms in total. The van der Waals surface area contributed by atoms with Crippen molar-refractivity contribution < 1.29 is 9.53 Å². The maximum Gasteiger partial charge on any atom is 0.189 e. The Kier molecular flexibility index (Phi) is 4.74. The minimum atomic E-state index is 0.0520. The van der Waals surface area contributed by atoms with Gasteiger partial charge in [-0.05, 0) is 25.3 Å². The number of aryl methyl sites for hydroxylation is 1. The van der Waals surface area contributed by atoms with E-state index in [4.69, 9.17) is 4.74 Å². The molecule has 0 saturated carbocycles. The highest BCUT2D eigenvalue weighted by molar-refractivity contribution is 5.96. The fourth-order valence-corrected chi connectivity index (χ4v) is 1.70. The van der Waals surface area contributed by atoms with E-state index in [0.717, 1.165) is 12.0 Å². The van der Waals surface area contributed by atoms with Crippen molar-refractivity contribution in [2.75, 3.05) is 6.61 Å². The second-order valence-electron chi connectivity index (χ2n) is 4.74. The maximum atomic E-state index is 11.7. The van der Waals surface area contributed by atoms with Crippen molar-refractivity contribution in [2.24, 2.45) is 13.0 Å². The molecule has 0 aliphatic carbocycles. The molecule has 0 aromatic carbocycles. The van der Waals surface area contributed by atoms with Gasteiger partial charge in [0.15, 0.2) is 5.78 Å². The van der Waals surface area contributed by atoms with Crippen LogP contribution in [0.1, 0.15) is 37.6 Å². The van der Waals surface area contributed by atoms with Crippen molar-refractivity contribution in [3.05, 3.63) is 24.0 Å². The standard InChI is InChI=1S/C13H21NO2/c1-10(2)7-11(3)16-9-13(15)12-5-6-14(4)8-12/h5-6,8,10-11H,7,9H2,1-4H3. The quantitative estimate of drug-likeness (QED) is 0.694. The average Bonchev–Trinajstić information content (AvgIpc) is 2.60. The van der Waals surface area contributed by atoms with Crippen LogP contribution in [-0.2, 0) is 11.8 Å². The van der Waals surface area contributed by atoms with Gasteiger partial charge < -0.3 is 9.30 Å². The van der Waals surface area contributed by atoms with E-state index in [2.05, 4.69) is 13.8 Å². The molecule has 0 aliphatic heterocycles. The molecule has 16 heavy (non-hydrogen) atoms. The minimum absolute atomic E-state index is 0.0520. The number of Topliss-reactive ketones (excluding diaryl/α,β-unsaturated/α-hetero) is 1. The van der Waals surface area contributed by atoms with Crippen LogP contribution in [0.15, 0.2) is 18.5 Å². The number of ketones is 1. The molecule has 1 heterocycles. The van der Waals surface area contributed by atoms with Crippen LogP contribution >= 0.6 is 0 Å². The summed E-state index contributed by atoms with van der Waals surface area (Å²) in [5.74, 6) is 0.651. The van der Waals surface area contributed by atoms with Crippen LogP contribution in [0.3, 0.4) is 0 Å². The summed E-state index contributed by atoms with van der Waals surface area (Å²) >= 11 is 0. The zero-order valence-corrected chi connectivity index (χ0v) is 10.6. The molecule has 0 amide bonds. The van der Waals surface area contributed by atoms with Gasteiger partial charge in [-0.25, -0.2) is 0 Å². The molecule has 0 bridgehead atoms. The van der Waals surface area contributed by atoms with E-state index in [1.807, 2.05) is 37.0 Å². The van der Waals surface area contributed by atoms with Crippen LogP contribution in [0.2, 0.25) is 0 Å². The van der Waals surface area contributed by atoms with Gasteiger partial charge in [-0.15, -0.1) is 0 Å². The van der Waals surface area contributed by atoms with Crippen LogP contribution in [0.5, 0.6) is 0 Å². The smallest absolute Gasteiger partial charge is 0.189 e. The van der Waals surface area contributed by atoms with E-state index in [9.17, 15) is 4.79 Å². The zero-order valence-electron chi connectivity index (χ0n) is 10.6. The molecule has 1 aromatic heterocycles. The Balaban J connectivity index is 2.35. The van der Waals surface area contributed by atoms with Gasteiger partial charge in [0, 0.05) is 25.0 Å². The third kappa shape index (κ3) is 4.19. The monoisotopic (exact) mass is 223 g/mol. The lowest BCUT2D eigenvalue weighted by Crippen LogP contribution is -2.17. The first-order valence-corrected chi connectivity index (χ1v) is 5.75. The van der Waals surface area contributed by atoms with Gasteiger partial charge in [0.25, 0.3) is 0 Å². The topological polar surface area (TPSA) is 31.2 Å². The van der Waals surface area contributed by atoms with E-state index in [0.29, 0.717) is 5.92 Å². The fraction of sp³-hybridized carbons (Fsp3) is 0.615. The van der Waals surface area contributed by atoms with E-state index in [1.54, 1.807) is 0 Å². The summed E-state index contributed by atoms with van der Waals surface area (Å²) in [6.45, 7) is 6.49. The number of aromatic nitrogens is 1. The molecule has 1 rings (SSSR count). The molecule has 0 spiro atoms. The Morgan fingerprint density at radius 3 is 2.62 bits per heavy atom. The molecule has 0 radical (unpaired) electrons. The summed E-state index contributed by atoms with van der Waals surface area (Å²) in [5, 5.41) is 0. The third-order valence-electron chi connectivity index (χ3n) is 2.46. The molecule has 3 heteroatoms. The summed E-state index contributed by atoms with van der Waals surface area (Å²) in [4.78, 5) is 11.7. The van der Waals surface area contributed by atoms with Crippen LogP contribution in [-0.4, -0.2) is 23.1 Å². The minimum Gasteiger partial charge on any atom is -0.370 e. The Hall–Kier alpha value is -1.09. The highest BCUT2D eigenvalue weighted by atomic mass is 16.5. The lowest BCUT2D eigenvalue weighted by molar-refractivity contribution is 0.0445. The van der Waals surface area contributed by atoms with E-state index in [-0.39, 0.29) is 18.5 Å². The lowest BCUT2D eigenvalue weighted by atomic mass is 10.1. The fourth-order valence-electron chi connectivity index (χ4n) is 1.70. The summed E-state index contributed by atoms with van der Waals surface area (Å²) in [6.07, 6.45) is 4.82. The average molecular weight is 223 g/mol. The zero-order chi connectivity index (χ0) is 12.1. The van der Waals surface area contributed by atoms with Crippen LogP contribution < -0.4 is 0 Å². The Morgan fingerprint density at radius 1 is 1.44 bits per heavy atom. The normalized spacial score (nSPS) is 13.1. The van der Waals surface area contributed by atoms with E-state index >= 15 is 0 Å². The second kappa shape index (κ2) is 5.85. The molecule has 0 fully saturated rings. The van der Waals surface area contributed by atoms with Crippen LogP contribution in [0.4, 0.5) is 0 Å². The third-order valence-corrected chi connectivity index (χ3v) is 2.46. The molecule has 0 aliphatic rings. The molecular weight excluding hydrogens is 202 g/mol. The second-order valence-corrected chi connectivity index (χ2v) is 4.74.